The molecule has 0 saturated carbocycles. The van der Waals surface area contributed by atoms with Gasteiger partial charge in [0.2, 0.25) is 0 Å². The monoisotopic (exact) mass is 292 g/mol. The van der Waals surface area contributed by atoms with Gasteiger partial charge in [-0.05, 0) is 24.1 Å². The molecule has 4 heteroatoms. The number of carbonyl (C=O) groups excluding carboxylic acids is 1. The van der Waals surface area contributed by atoms with Crippen molar-refractivity contribution in [3.8, 4) is 5.75 Å². The third-order valence-electron chi connectivity index (χ3n) is 3.02. The van der Waals surface area contributed by atoms with Gasteiger partial charge in [0.05, 0.1) is 10.9 Å². The molecule has 0 aromatic heterocycles. The van der Waals surface area contributed by atoms with Gasteiger partial charge in [0.15, 0.2) is 11.6 Å². The lowest BCUT2D eigenvalue weighted by atomic mass is 9.97. The molecule has 104 valence electrons. The van der Waals surface area contributed by atoms with E-state index < -0.39 is 17.7 Å². The van der Waals surface area contributed by atoms with Crippen LogP contribution in [0.15, 0.2) is 48.5 Å². The molecule has 1 unspecified atom stereocenters. The summed E-state index contributed by atoms with van der Waals surface area (Å²) in [5.41, 5.74) is 0.840. The predicted molar refractivity (Wildman–Crippen MR) is 76.5 cm³/mol. The number of esters is 1. The van der Waals surface area contributed by atoms with Crippen LogP contribution in [-0.2, 0) is 4.79 Å². The lowest BCUT2D eigenvalue weighted by molar-refractivity contribution is -0.136. The molecule has 2 aromatic rings. The topological polar surface area (TPSA) is 26.3 Å². The molecule has 0 aliphatic rings. The summed E-state index contributed by atoms with van der Waals surface area (Å²) in [5, 5.41) is 0.0845. The molecule has 0 heterocycles. The zero-order valence-electron chi connectivity index (χ0n) is 11.0. The lowest BCUT2D eigenvalue weighted by Crippen LogP contribution is -2.19. The molecule has 2 aromatic carbocycles. The van der Waals surface area contributed by atoms with Crippen LogP contribution in [0.25, 0.3) is 0 Å². The highest BCUT2D eigenvalue weighted by Gasteiger charge is 2.23. The standard InChI is InChI=1S/C16H14ClFO2/c1-2-12(11-7-4-3-5-8-11)16(19)20-15-13(17)9-6-10-14(15)18/h3-10,12H,2H2,1H3. The molecule has 0 aliphatic carbocycles. The van der Waals surface area contributed by atoms with Gasteiger partial charge in [-0.15, -0.1) is 0 Å². The summed E-state index contributed by atoms with van der Waals surface area (Å²) in [6.45, 7) is 1.88. The Morgan fingerprint density at radius 1 is 1.20 bits per heavy atom. The molecule has 0 spiro atoms. The fourth-order valence-corrected chi connectivity index (χ4v) is 2.18. The van der Waals surface area contributed by atoms with Gasteiger partial charge >= 0.3 is 5.97 Å². The molecular weight excluding hydrogens is 279 g/mol. The van der Waals surface area contributed by atoms with Crippen molar-refractivity contribution >= 4 is 17.6 Å². The summed E-state index contributed by atoms with van der Waals surface area (Å²) in [5.74, 6) is -1.81. The van der Waals surface area contributed by atoms with E-state index in [2.05, 4.69) is 0 Å². The van der Waals surface area contributed by atoms with E-state index in [1.165, 1.54) is 18.2 Å². The maximum Gasteiger partial charge on any atom is 0.318 e. The second-order valence-electron chi connectivity index (χ2n) is 4.34. The van der Waals surface area contributed by atoms with Crippen molar-refractivity contribution in [1.29, 1.82) is 0 Å². The Morgan fingerprint density at radius 2 is 1.90 bits per heavy atom. The summed E-state index contributed by atoms with van der Waals surface area (Å²) < 4.78 is 18.8. The van der Waals surface area contributed by atoms with Gasteiger partial charge in [-0.1, -0.05) is 54.9 Å². The van der Waals surface area contributed by atoms with Crippen molar-refractivity contribution in [2.75, 3.05) is 0 Å². The predicted octanol–water partition coefficient (Wildman–Crippen LogP) is 4.58. The minimum absolute atomic E-state index is 0.0845. The zero-order chi connectivity index (χ0) is 14.5. The van der Waals surface area contributed by atoms with Gasteiger partial charge in [-0.3, -0.25) is 4.79 Å². The molecule has 0 radical (unpaired) electrons. The van der Waals surface area contributed by atoms with Crippen LogP contribution < -0.4 is 4.74 Å². The second kappa shape index (κ2) is 6.53. The fourth-order valence-electron chi connectivity index (χ4n) is 1.98. The van der Waals surface area contributed by atoms with Gasteiger partial charge in [0, 0.05) is 0 Å². The molecule has 0 aliphatic heterocycles. The fraction of sp³-hybridized carbons (Fsp3) is 0.188. The first-order valence-corrected chi connectivity index (χ1v) is 6.72. The smallest absolute Gasteiger partial charge is 0.318 e. The lowest BCUT2D eigenvalue weighted by Gasteiger charge is -2.15. The van der Waals surface area contributed by atoms with Crippen molar-refractivity contribution in [1.82, 2.24) is 0 Å². The van der Waals surface area contributed by atoms with E-state index in [0.717, 1.165) is 5.56 Å². The Hall–Kier alpha value is -1.87. The van der Waals surface area contributed by atoms with Crippen LogP contribution in [0.4, 0.5) is 4.39 Å². The Labute approximate surface area is 122 Å². The van der Waals surface area contributed by atoms with Crippen LogP contribution in [0.3, 0.4) is 0 Å². The minimum Gasteiger partial charge on any atom is -0.421 e. The van der Waals surface area contributed by atoms with Crippen molar-refractivity contribution in [2.45, 2.75) is 19.3 Å². The second-order valence-corrected chi connectivity index (χ2v) is 4.75. The van der Waals surface area contributed by atoms with Crippen LogP contribution in [0.1, 0.15) is 24.8 Å². The number of para-hydroxylation sites is 1. The average Bonchev–Trinajstić information content (AvgIpc) is 2.45. The quantitative estimate of drug-likeness (QED) is 0.609. The van der Waals surface area contributed by atoms with E-state index >= 15 is 0 Å². The van der Waals surface area contributed by atoms with E-state index in [1.807, 2.05) is 37.3 Å². The van der Waals surface area contributed by atoms with Crippen molar-refractivity contribution in [3.63, 3.8) is 0 Å². The van der Waals surface area contributed by atoms with Gasteiger partial charge in [0.25, 0.3) is 0 Å². The molecule has 1 atom stereocenters. The van der Waals surface area contributed by atoms with Crippen molar-refractivity contribution in [3.05, 3.63) is 64.9 Å². The third kappa shape index (κ3) is 3.17. The summed E-state index contributed by atoms with van der Waals surface area (Å²) in [7, 11) is 0. The zero-order valence-corrected chi connectivity index (χ0v) is 11.7. The Bertz CT molecular complexity index is 578. The van der Waals surface area contributed by atoms with Crippen molar-refractivity contribution < 1.29 is 13.9 Å². The highest BCUT2D eigenvalue weighted by molar-refractivity contribution is 6.32. The van der Waals surface area contributed by atoms with E-state index in [4.69, 9.17) is 16.3 Å². The van der Waals surface area contributed by atoms with Crippen LogP contribution in [0.2, 0.25) is 5.02 Å². The van der Waals surface area contributed by atoms with E-state index in [1.54, 1.807) is 0 Å². The largest absolute Gasteiger partial charge is 0.421 e. The highest BCUT2D eigenvalue weighted by Crippen LogP contribution is 2.30. The Morgan fingerprint density at radius 3 is 2.50 bits per heavy atom. The summed E-state index contributed by atoms with van der Waals surface area (Å²) in [4.78, 5) is 12.2. The number of ether oxygens (including phenoxy) is 1. The number of halogens is 2. The minimum atomic E-state index is -0.645. The van der Waals surface area contributed by atoms with E-state index in [9.17, 15) is 9.18 Å². The maximum absolute atomic E-state index is 13.6. The molecule has 2 rings (SSSR count). The van der Waals surface area contributed by atoms with Crippen LogP contribution in [0.5, 0.6) is 5.75 Å². The Kier molecular flexibility index (Phi) is 4.74. The SMILES string of the molecule is CCC(C(=O)Oc1c(F)cccc1Cl)c1ccccc1. The molecule has 0 saturated heterocycles. The molecule has 0 fully saturated rings. The van der Waals surface area contributed by atoms with E-state index in [-0.39, 0.29) is 10.8 Å². The first-order valence-electron chi connectivity index (χ1n) is 6.34. The molecule has 0 amide bonds. The van der Waals surface area contributed by atoms with Gasteiger partial charge in [-0.25, -0.2) is 4.39 Å². The number of carbonyl (C=O) groups is 1. The number of rotatable bonds is 4. The first-order chi connectivity index (χ1) is 9.63. The number of hydrogen-bond donors (Lipinski definition) is 0. The third-order valence-corrected chi connectivity index (χ3v) is 3.31. The summed E-state index contributed by atoms with van der Waals surface area (Å²) in [6, 6.07) is 13.4. The average molecular weight is 293 g/mol. The number of benzene rings is 2. The Balaban J connectivity index is 2.23. The van der Waals surface area contributed by atoms with E-state index in [0.29, 0.717) is 6.42 Å². The normalized spacial score (nSPS) is 11.9. The molecule has 20 heavy (non-hydrogen) atoms. The molecular formula is C16H14ClFO2. The van der Waals surface area contributed by atoms with Gasteiger partial charge in [-0.2, -0.15) is 0 Å². The highest BCUT2D eigenvalue weighted by atomic mass is 35.5. The van der Waals surface area contributed by atoms with Gasteiger partial charge in [0.1, 0.15) is 0 Å². The summed E-state index contributed by atoms with van der Waals surface area (Å²) in [6.07, 6.45) is 0.564. The van der Waals surface area contributed by atoms with Gasteiger partial charge < -0.3 is 4.74 Å². The summed E-state index contributed by atoms with van der Waals surface area (Å²) >= 11 is 5.85. The number of hydrogen-bond acceptors (Lipinski definition) is 2. The maximum atomic E-state index is 13.6. The van der Waals surface area contributed by atoms with Crippen molar-refractivity contribution in [2.24, 2.45) is 0 Å². The van der Waals surface area contributed by atoms with Crippen LogP contribution in [0, 0.1) is 5.82 Å². The van der Waals surface area contributed by atoms with Crippen LogP contribution in [-0.4, -0.2) is 5.97 Å². The molecule has 0 N–H and O–H groups in total. The molecule has 0 bridgehead atoms. The molecule has 2 nitrogen and oxygen atoms in total. The first kappa shape index (κ1) is 14.5. The van der Waals surface area contributed by atoms with Crippen LogP contribution >= 0.6 is 11.6 Å².